The van der Waals surface area contributed by atoms with Gasteiger partial charge in [0.2, 0.25) is 0 Å². The van der Waals surface area contributed by atoms with Gasteiger partial charge < -0.3 is 14.4 Å². The third kappa shape index (κ3) is 3.46. The van der Waals surface area contributed by atoms with Gasteiger partial charge in [-0.15, -0.1) is 0 Å². The number of anilines is 1. The number of carbonyl (C=O) groups excluding carboxylic acids is 1. The van der Waals surface area contributed by atoms with E-state index < -0.39 is 0 Å². The predicted molar refractivity (Wildman–Crippen MR) is 77.0 cm³/mol. The largest absolute Gasteiger partial charge is 0.487 e. The first kappa shape index (κ1) is 14.2. The highest BCUT2D eigenvalue weighted by Crippen LogP contribution is 2.34. The Morgan fingerprint density at radius 1 is 1.38 bits per heavy atom. The van der Waals surface area contributed by atoms with Crippen LogP contribution in [-0.4, -0.2) is 31.8 Å². The van der Waals surface area contributed by atoms with Crippen LogP contribution in [0.5, 0.6) is 5.75 Å². The zero-order valence-electron chi connectivity index (χ0n) is 12.2. The summed E-state index contributed by atoms with van der Waals surface area (Å²) < 4.78 is 24.2. The first-order valence-corrected chi connectivity index (χ1v) is 7.52. The lowest BCUT2D eigenvalue weighted by Gasteiger charge is -2.40. The number of carbonyl (C=O) groups is 1. The number of halogens is 1. The molecule has 0 aromatic heterocycles. The summed E-state index contributed by atoms with van der Waals surface area (Å²) in [5, 5.41) is 0. The van der Waals surface area contributed by atoms with E-state index in [1.54, 1.807) is 12.1 Å². The van der Waals surface area contributed by atoms with Crippen molar-refractivity contribution in [2.75, 3.05) is 24.6 Å². The van der Waals surface area contributed by atoms with Crippen LogP contribution in [0.3, 0.4) is 0 Å². The second-order valence-corrected chi connectivity index (χ2v) is 5.71. The quantitative estimate of drug-likeness (QED) is 0.756. The number of hydrogen-bond acceptors (Lipinski definition) is 4. The number of esters is 1. The molecule has 0 N–H and O–H groups in total. The maximum Gasteiger partial charge on any atom is 0.306 e. The van der Waals surface area contributed by atoms with Gasteiger partial charge in [-0.3, -0.25) is 4.79 Å². The summed E-state index contributed by atoms with van der Waals surface area (Å²) in [6, 6.07) is 4.97. The lowest BCUT2D eigenvalue weighted by atomic mass is 9.95. The van der Waals surface area contributed by atoms with E-state index in [4.69, 9.17) is 9.47 Å². The molecule has 0 spiro atoms. The predicted octanol–water partition coefficient (Wildman–Crippen LogP) is 2.76. The molecular weight excluding hydrogens is 273 g/mol. The Morgan fingerprint density at radius 3 is 2.81 bits per heavy atom. The van der Waals surface area contributed by atoms with E-state index in [1.165, 1.54) is 6.07 Å². The Hall–Kier alpha value is -1.78. The maximum absolute atomic E-state index is 13.7. The first-order chi connectivity index (χ1) is 10.2. The van der Waals surface area contributed by atoms with Gasteiger partial charge in [0.1, 0.15) is 0 Å². The number of hydrogen-bond donors (Lipinski definition) is 0. The molecule has 114 valence electrons. The van der Waals surface area contributed by atoms with Crippen molar-refractivity contribution in [1.82, 2.24) is 0 Å². The molecule has 5 heteroatoms. The van der Waals surface area contributed by atoms with Crippen LogP contribution in [0.4, 0.5) is 10.1 Å². The summed E-state index contributed by atoms with van der Waals surface area (Å²) in [5.41, 5.74) is 0.951. The standard InChI is InChI=1S/C16H20FNO3/c1-2-20-16(19)7-11-9-18(10-11)12-3-6-14(17)15(8-12)21-13-4-5-13/h3,6,8,11,13H,2,4-5,7,9-10H2,1H3. The maximum atomic E-state index is 13.7. The van der Waals surface area contributed by atoms with Gasteiger partial charge in [0, 0.05) is 30.8 Å². The molecule has 1 aromatic carbocycles. The van der Waals surface area contributed by atoms with Crippen LogP contribution in [0.15, 0.2) is 18.2 Å². The second kappa shape index (κ2) is 5.92. The molecule has 2 aliphatic rings. The van der Waals surface area contributed by atoms with Crippen LogP contribution in [0, 0.1) is 11.7 Å². The smallest absolute Gasteiger partial charge is 0.306 e. The summed E-state index contributed by atoms with van der Waals surface area (Å²) >= 11 is 0. The lowest BCUT2D eigenvalue weighted by Crippen LogP contribution is -2.47. The minimum absolute atomic E-state index is 0.140. The topological polar surface area (TPSA) is 38.8 Å². The highest BCUT2D eigenvalue weighted by Gasteiger charge is 2.30. The van der Waals surface area contributed by atoms with Gasteiger partial charge >= 0.3 is 5.97 Å². The zero-order valence-corrected chi connectivity index (χ0v) is 12.2. The summed E-state index contributed by atoms with van der Waals surface area (Å²) in [6.45, 7) is 3.83. The Bertz CT molecular complexity index is 524. The van der Waals surface area contributed by atoms with Gasteiger partial charge in [0.15, 0.2) is 11.6 Å². The summed E-state index contributed by atoms with van der Waals surface area (Å²) in [5.74, 6) is 0.207. The van der Waals surface area contributed by atoms with Crippen LogP contribution >= 0.6 is 0 Å². The van der Waals surface area contributed by atoms with Gasteiger partial charge in [-0.1, -0.05) is 0 Å². The normalized spacial score (nSPS) is 18.3. The Kier molecular flexibility index (Phi) is 3.99. The summed E-state index contributed by atoms with van der Waals surface area (Å²) in [4.78, 5) is 13.5. The fourth-order valence-corrected chi connectivity index (χ4v) is 2.51. The molecule has 0 atom stereocenters. The van der Waals surface area contributed by atoms with Crippen molar-refractivity contribution >= 4 is 11.7 Å². The Labute approximate surface area is 123 Å². The monoisotopic (exact) mass is 293 g/mol. The molecule has 2 fully saturated rings. The molecule has 1 saturated carbocycles. The third-order valence-electron chi connectivity index (χ3n) is 3.82. The van der Waals surface area contributed by atoms with Crippen LogP contribution in [0.2, 0.25) is 0 Å². The molecule has 1 heterocycles. The van der Waals surface area contributed by atoms with E-state index in [-0.39, 0.29) is 17.9 Å². The molecular formula is C16H20FNO3. The van der Waals surface area contributed by atoms with Crippen LogP contribution in [0.25, 0.3) is 0 Å². The van der Waals surface area contributed by atoms with Crippen molar-refractivity contribution < 1.29 is 18.7 Å². The average Bonchev–Trinajstić information content (AvgIpc) is 3.21. The Balaban J connectivity index is 1.55. The van der Waals surface area contributed by atoms with Gasteiger partial charge in [-0.05, 0) is 31.9 Å². The first-order valence-electron chi connectivity index (χ1n) is 7.52. The molecule has 3 rings (SSSR count). The number of rotatable bonds is 6. The van der Waals surface area contributed by atoms with Gasteiger partial charge in [-0.25, -0.2) is 4.39 Å². The van der Waals surface area contributed by atoms with Gasteiger partial charge in [-0.2, -0.15) is 0 Å². The molecule has 1 aliphatic heterocycles. The van der Waals surface area contributed by atoms with E-state index in [1.807, 2.05) is 6.92 Å². The van der Waals surface area contributed by atoms with Gasteiger partial charge in [0.25, 0.3) is 0 Å². The summed E-state index contributed by atoms with van der Waals surface area (Å²) in [7, 11) is 0. The van der Waals surface area contributed by atoms with Crippen LogP contribution < -0.4 is 9.64 Å². The molecule has 4 nitrogen and oxygen atoms in total. The van der Waals surface area contributed by atoms with E-state index in [2.05, 4.69) is 4.90 Å². The van der Waals surface area contributed by atoms with Crippen molar-refractivity contribution in [3.8, 4) is 5.75 Å². The zero-order chi connectivity index (χ0) is 14.8. The van der Waals surface area contributed by atoms with Crippen molar-refractivity contribution in [3.05, 3.63) is 24.0 Å². The highest BCUT2D eigenvalue weighted by atomic mass is 19.1. The van der Waals surface area contributed by atoms with Crippen LogP contribution in [0.1, 0.15) is 26.2 Å². The van der Waals surface area contributed by atoms with Crippen molar-refractivity contribution in [3.63, 3.8) is 0 Å². The summed E-state index contributed by atoms with van der Waals surface area (Å²) in [6.07, 6.45) is 2.66. The number of ether oxygens (including phenoxy) is 2. The molecule has 21 heavy (non-hydrogen) atoms. The van der Waals surface area contributed by atoms with E-state index in [0.29, 0.717) is 24.7 Å². The third-order valence-corrected chi connectivity index (χ3v) is 3.82. The van der Waals surface area contributed by atoms with E-state index in [0.717, 1.165) is 31.6 Å². The fraction of sp³-hybridized carbons (Fsp3) is 0.562. The molecule has 1 aliphatic carbocycles. The molecule has 0 amide bonds. The van der Waals surface area contributed by atoms with Crippen LogP contribution in [-0.2, 0) is 9.53 Å². The average molecular weight is 293 g/mol. The molecule has 0 unspecified atom stereocenters. The molecule has 0 bridgehead atoms. The number of nitrogens with zero attached hydrogens (tertiary/aromatic N) is 1. The van der Waals surface area contributed by atoms with Crippen molar-refractivity contribution in [2.24, 2.45) is 5.92 Å². The van der Waals surface area contributed by atoms with Gasteiger partial charge in [0.05, 0.1) is 19.1 Å². The molecule has 0 radical (unpaired) electrons. The van der Waals surface area contributed by atoms with Crippen molar-refractivity contribution in [2.45, 2.75) is 32.3 Å². The molecule has 1 saturated heterocycles. The Morgan fingerprint density at radius 2 is 2.14 bits per heavy atom. The molecule has 1 aromatic rings. The second-order valence-electron chi connectivity index (χ2n) is 5.71. The van der Waals surface area contributed by atoms with E-state index in [9.17, 15) is 9.18 Å². The fourth-order valence-electron chi connectivity index (χ4n) is 2.51. The minimum atomic E-state index is -0.311. The lowest BCUT2D eigenvalue weighted by molar-refractivity contribution is -0.144. The van der Waals surface area contributed by atoms with Crippen molar-refractivity contribution in [1.29, 1.82) is 0 Å². The SMILES string of the molecule is CCOC(=O)CC1CN(c2ccc(F)c(OC3CC3)c2)C1. The minimum Gasteiger partial charge on any atom is -0.487 e. The number of benzene rings is 1. The van der Waals surface area contributed by atoms with E-state index >= 15 is 0 Å². The highest BCUT2D eigenvalue weighted by molar-refractivity contribution is 5.70.